The molecule has 0 aliphatic carbocycles. The highest BCUT2D eigenvalue weighted by atomic mass is 16.6. The summed E-state index contributed by atoms with van der Waals surface area (Å²) in [6.07, 6.45) is 49.1. The smallest absolute Gasteiger partial charge is 0.306 e. The molecule has 326 valence electrons. The Hall–Kier alpha value is -1.39. The van der Waals surface area contributed by atoms with Crippen LogP contribution in [0.1, 0.15) is 290 Å². The van der Waals surface area contributed by atoms with Crippen molar-refractivity contribution in [2.24, 2.45) is 0 Å². The highest BCUT2D eigenvalue weighted by molar-refractivity contribution is 5.86. The molecular formula is C50H96O5. The molecule has 0 fully saturated rings. The van der Waals surface area contributed by atoms with Crippen molar-refractivity contribution >= 4 is 17.7 Å². The number of hydrogen-bond donors (Lipinski definition) is 0. The molecule has 0 N–H and O–H groups in total. The van der Waals surface area contributed by atoms with Gasteiger partial charge in [0.05, 0.1) is 0 Å². The number of ketones is 1. The van der Waals surface area contributed by atoms with E-state index in [4.69, 9.17) is 9.47 Å². The number of Topliss-reactive ketones (excluding diaryl/α,β-unsaturated/α-hetero) is 1. The van der Waals surface area contributed by atoms with Crippen LogP contribution in [0.15, 0.2) is 0 Å². The summed E-state index contributed by atoms with van der Waals surface area (Å²) in [5, 5.41) is 0. The van der Waals surface area contributed by atoms with E-state index in [0.717, 1.165) is 57.8 Å². The molecule has 1 unspecified atom stereocenters. The Kier molecular flexibility index (Phi) is 44.2. The second kappa shape index (κ2) is 45.3. The van der Waals surface area contributed by atoms with Gasteiger partial charge in [0, 0.05) is 19.3 Å². The first-order valence-electron chi connectivity index (χ1n) is 24.9. The summed E-state index contributed by atoms with van der Waals surface area (Å²) < 4.78 is 11.2. The summed E-state index contributed by atoms with van der Waals surface area (Å²) in [5.41, 5.74) is 0. The summed E-state index contributed by atoms with van der Waals surface area (Å²) in [7, 11) is 0. The van der Waals surface area contributed by atoms with E-state index in [2.05, 4.69) is 20.8 Å². The zero-order valence-corrected chi connectivity index (χ0v) is 37.5. The third-order valence-electron chi connectivity index (χ3n) is 11.5. The lowest BCUT2D eigenvalue weighted by atomic mass is 10.0. The van der Waals surface area contributed by atoms with Gasteiger partial charge in [0.15, 0.2) is 11.9 Å². The number of carbonyl (C=O) groups excluding carboxylic acids is 3. The molecule has 0 rings (SSSR count). The second-order valence-electron chi connectivity index (χ2n) is 17.1. The third-order valence-corrected chi connectivity index (χ3v) is 11.5. The summed E-state index contributed by atoms with van der Waals surface area (Å²) in [4.78, 5) is 38.6. The van der Waals surface area contributed by atoms with E-state index in [1.54, 1.807) is 0 Å². The molecule has 0 bridgehead atoms. The minimum absolute atomic E-state index is 0.101. The predicted molar refractivity (Wildman–Crippen MR) is 237 cm³/mol. The van der Waals surface area contributed by atoms with Crippen LogP contribution in [0.2, 0.25) is 0 Å². The van der Waals surface area contributed by atoms with Crippen LogP contribution in [0.5, 0.6) is 0 Å². The minimum atomic E-state index is -0.970. The maximum Gasteiger partial charge on any atom is 0.306 e. The van der Waals surface area contributed by atoms with Gasteiger partial charge < -0.3 is 9.47 Å². The fourth-order valence-electron chi connectivity index (χ4n) is 7.70. The van der Waals surface area contributed by atoms with Crippen LogP contribution in [0.4, 0.5) is 0 Å². The molecule has 0 radical (unpaired) electrons. The van der Waals surface area contributed by atoms with Gasteiger partial charge in [-0.2, -0.15) is 0 Å². The molecule has 0 amide bonds. The SMILES string of the molecule is CCCCCCCCCCCCCCCC(=O)OCC(OC(=O)CCCCCCCCCCCCCCC)C(=O)CCCCCCCCCCCCCCC. The molecule has 0 aliphatic rings. The van der Waals surface area contributed by atoms with Gasteiger partial charge in [-0.05, 0) is 19.3 Å². The van der Waals surface area contributed by atoms with Gasteiger partial charge in [-0.15, -0.1) is 0 Å². The molecule has 55 heavy (non-hydrogen) atoms. The summed E-state index contributed by atoms with van der Waals surface area (Å²) in [6, 6.07) is 0. The van der Waals surface area contributed by atoms with Gasteiger partial charge in [-0.1, -0.05) is 252 Å². The van der Waals surface area contributed by atoms with Crippen molar-refractivity contribution in [3.8, 4) is 0 Å². The highest BCUT2D eigenvalue weighted by Crippen LogP contribution is 2.17. The van der Waals surface area contributed by atoms with Crippen LogP contribution < -0.4 is 0 Å². The van der Waals surface area contributed by atoms with Gasteiger partial charge in [-0.25, -0.2) is 0 Å². The summed E-state index contributed by atoms with van der Waals surface area (Å²) >= 11 is 0. The molecule has 0 spiro atoms. The van der Waals surface area contributed by atoms with Crippen LogP contribution in [0.25, 0.3) is 0 Å². The molecule has 0 heterocycles. The fourth-order valence-corrected chi connectivity index (χ4v) is 7.70. The number of rotatable bonds is 46. The average Bonchev–Trinajstić information content (AvgIpc) is 3.18. The predicted octanol–water partition coefficient (Wildman–Crippen LogP) is 16.5. The first-order valence-corrected chi connectivity index (χ1v) is 24.9. The van der Waals surface area contributed by atoms with E-state index in [0.29, 0.717) is 19.3 Å². The quantitative estimate of drug-likeness (QED) is 0.0455. The number of ether oxygens (including phenoxy) is 2. The lowest BCUT2D eigenvalue weighted by Gasteiger charge is -2.17. The first-order chi connectivity index (χ1) is 27.0. The maximum absolute atomic E-state index is 13.2. The maximum atomic E-state index is 13.2. The summed E-state index contributed by atoms with van der Waals surface area (Å²) in [5.74, 6) is -0.718. The van der Waals surface area contributed by atoms with E-state index in [1.165, 1.54) is 193 Å². The lowest BCUT2D eigenvalue weighted by molar-refractivity contribution is -0.163. The molecule has 0 aliphatic heterocycles. The number of hydrogen-bond acceptors (Lipinski definition) is 5. The Labute approximate surface area is 343 Å². The van der Waals surface area contributed by atoms with Crippen molar-refractivity contribution in [2.75, 3.05) is 6.61 Å². The van der Waals surface area contributed by atoms with Crippen molar-refractivity contribution < 1.29 is 23.9 Å². The van der Waals surface area contributed by atoms with Crippen molar-refractivity contribution in [1.82, 2.24) is 0 Å². The summed E-state index contributed by atoms with van der Waals surface area (Å²) in [6.45, 7) is 6.66. The molecule has 0 aromatic carbocycles. The largest absolute Gasteiger partial charge is 0.461 e. The van der Waals surface area contributed by atoms with E-state index in [9.17, 15) is 14.4 Å². The monoisotopic (exact) mass is 777 g/mol. The zero-order chi connectivity index (χ0) is 40.1. The zero-order valence-electron chi connectivity index (χ0n) is 37.5. The molecule has 0 aromatic heterocycles. The highest BCUT2D eigenvalue weighted by Gasteiger charge is 2.24. The van der Waals surface area contributed by atoms with Crippen LogP contribution in [0, 0.1) is 0 Å². The van der Waals surface area contributed by atoms with E-state index in [1.807, 2.05) is 0 Å². The number of carbonyl (C=O) groups is 3. The van der Waals surface area contributed by atoms with Gasteiger partial charge in [0.2, 0.25) is 0 Å². The normalized spacial score (nSPS) is 11.9. The van der Waals surface area contributed by atoms with Crippen molar-refractivity contribution in [3.63, 3.8) is 0 Å². The van der Waals surface area contributed by atoms with Gasteiger partial charge in [-0.3, -0.25) is 14.4 Å². The van der Waals surface area contributed by atoms with Crippen LogP contribution >= 0.6 is 0 Å². The standard InChI is InChI=1S/C50H96O5/c1-4-7-10-13-16-19-22-25-28-31-34-37-40-43-47(51)48(55-50(53)45-42-39-36-33-30-27-24-21-18-15-12-9-6-3)46-54-49(52)44-41-38-35-32-29-26-23-20-17-14-11-8-5-2/h48H,4-46H2,1-3H3. The van der Waals surface area contributed by atoms with Crippen molar-refractivity contribution in [2.45, 2.75) is 297 Å². The number of esters is 2. The Bertz CT molecular complexity index is 810. The third kappa shape index (κ3) is 42.0. The van der Waals surface area contributed by atoms with Gasteiger partial charge >= 0.3 is 11.9 Å². The van der Waals surface area contributed by atoms with Crippen molar-refractivity contribution in [3.05, 3.63) is 0 Å². The average molecular weight is 777 g/mol. The molecule has 0 saturated carbocycles. The van der Waals surface area contributed by atoms with Crippen molar-refractivity contribution in [1.29, 1.82) is 0 Å². The lowest BCUT2D eigenvalue weighted by Crippen LogP contribution is -2.33. The Morgan fingerprint density at radius 3 is 0.836 bits per heavy atom. The van der Waals surface area contributed by atoms with Gasteiger partial charge in [0.1, 0.15) is 6.61 Å². The topological polar surface area (TPSA) is 69.7 Å². The Morgan fingerprint density at radius 1 is 0.309 bits per heavy atom. The van der Waals surface area contributed by atoms with E-state index in [-0.39, 0.29) is 24.3 Å². The first kappa shape index (κ1) is 53.6. The molecular weight excluding hydrogens is 681 g/mol. The molecule has 0 saturated heterocycles. The van der Waals surface area contributed by atoms with E-state index >= 15 is 0 Å². The number of unbranched alkanes of at least 4 members (excludes halogenated alkanes) is 36. The fraction of sp³-hybridized carbons (Fsp3) is 0.940. The van der Waals surface area contributed by atoms with Crippen LogP contribution in [0.3, 0.4) is 0 Å². The molecule has 5 nitrogen and oxygen atoms in total. The Balaban J connectivity index is 4.33. The minimum Gasteiger partial charge on any atom is -0.461 e. The van der Waals surface area contributed by atoms with Crippen LogP contribution in [-0.4, -0.2) is 30.4 Å². The van der Waals surface area contributed by atoms with Gasteiger partial charge in [0.25, 0.3) is 0 Å². The molecule has 5 heteroatoms. The molecule has 1 atom stereocenters. The molecule has 0 aromatic rings. The second-order valence-corrected chi connectivity index (χ2v) is 17.1. The Morgan fingerprint density at radius 2 is 0.545 bits per heavy atom. The van der Waals surface area contributed by atoms with Crippen LogP contribution in [-0.2, 0) is 23.9 Å². The van der Waals surface area contributed by atoms with E-state index < -0.39 is 6.10 Å².